The molecule has 4 rings (SSSR count). The number of halogens is 1. The number of ether oxygens (including phenoxy) is 2. The van der Waals surface area contributed by atoms with Crippen molar-refractivity contribution in [2.24, 2.45) is 11.7 Å². The van der Waals surface area contributed by atoms with Crippen molar-refractivity contribution in [3.05, 3.63) is 77.8 Å². The molecule has 0 aliphatic rings. The minimum atomic E-state index is -0.350. The molecule has 0 bridgehead atoms. The van der Waals surface area contributed by atoms with Crippen LogP contribution in [0.3, 0.4) is 0 Å². The first kappa shape index (κ1) is 23.3. The van der Waals surface area contributed by atoms with Gasteiger partial charge in [-0.2, -0.15) is 0 Å². The first-order chi connectivity index (χ1) is 16.5. The van der Waals surface area contributed by atoms with Gasteiger partial charge in [0.25, 0.3) is 0 Å². The maximum Gasteiger partial charge on any atom is 0.220 e. The highest BCUT2D eigenvalue weighted by Crippen LogP contribution is 2.34. The number of benzene rings is 2. The average Bonchev–Trinajstić information content (AvgIpc) is 2.84. The molecule has 2 aromatic carbocycles. The Kier molecular flexibility index (Phi) is 7.39. The lowest BCUT2D eigenvalue weighted by Crippen LogP contribution is -2.22. The van der Waals surface area contributed by atoms with E-state index in [-0.39, 0.29) is 11.8 Å². The van der Waals surface area contributed by atoms with E-state index in [2.05, 4.69) is 20.3 Å². The first-order valence-corrected chi connectivity index (χ1v) is 11.1. The smallest absolute Gasteiger partial charge is 0.220 e. The molecule has 1 amide bonds. The Morgan fingerprint density at radius 3 is 2.71 bits per heavy atom. The summed E-state index contributed by atoms with van der Waals surface area (Å²) in [4.78, 5) is 24.3. The van der Waals surface area contributed by atoms with E-state index in [4.69, 9.17) is 26.8 Å². The topological polar surface area (TPSA) is 112 Å². The number of hydrogen-bond donors (Lipinski definition) is 2. The van der Waals surface area contributed by atoms with Crippen LogP contribution in [0.4, 0.5) is 11.5 Å². The van der Waals surface area contributed by atoms with Crippen molar-refractivity contribution < 1.29 is 14.3 Å². The monoisotopic (exact) mass is 477 g/mol. The number of fused-ring (bicyclic) bond motifs is 1. The molecule has 2 heterocycles. The normalized spacial score (nSPS) is 11.7. The molecule has 34 heavy (non-hydrogen) atoms. The van der Waals surface area contributed by atoms with Crippen molar-refractivity contribution in [3.63, 3.8) is 0 Å². The lowest BCUT2D eigenvalue weighted by atomic mass is 10.1. The minimum Gasteiger partial charge on any atom is -0.493 e. The molecular weight excluding hydrogens is 454 g/mol. The third-order valence-corrected chi connectivity index (χ3v) is 5.51. The third kappa shape index (κ3) is 5.71. The summed E-state index contributed by atoms with van der Waals surface area (Å²) in [6.07, 6.45) is 3.71. The highest BCUT2D eigenvalue weighted by molar-refractivity contribution is 6.32. The molecule has 0 fully saturated rings. The number of anilines is 2. The predicted octanol–water partition coefficient (Wildman–Crippen LogP) is 4.89. The highest BCUT2D eigenvalue weighted by Gasteiger charge is 2.13. The van der Waals surface area contributed by atoms with Gasteiger partial charge >= 0.3 is 0 Å². The van der Waals surface area contributed by atoms with Crippen LogP contribution in [0.5, 0.6) is 11.5 Å². The van der Waals surface area contributed by atoms with E-state index in [1.807, 2.05) is 42.5 Å². The molecule has 0 saturated heterocycles. The van der Waals surface area contributed by atoms with Gasteiger partial charge in [-0.25, -0.2) is 9.97 Å². The summed E-state index contributed by atoms with van der Waals surface area (Å²) in [5, 5.41) is 4.47. The van der Waals surface area contributed by atoms with E-state index in [0.29, 0.717) is 42.0 Å². The van der Waals surface area contributed by atoms with Gasteiger partial charge in [-0.05, 0) is 48.9 Å². The molecule has 174 valence electrons. The zero-order chi connectivity index (χ0) is 23.9. The third-order valence-electron chi connectivity index (χ3n) is 5.22. The average molecular weight is 478 g/mol. The fraction of sp³-hybridized carbons (Fsp3) is 0.200. The highest BCUT2D eigenvalue weighted by atomic mass is 35.5. The molecule has 9 heteroatoms. The van der Waals surface area contributed by atoms with Gasteiger partial charge in [0, 0.05) is 17.8 Å². The second kappa shape index (κ2) is 10.8. The minimum absolute atomic E-state index is 0.274. The van der Waals surface area contributed by atoms with Gasteiger partial charge in [-0.15, -0.1) is 0 Å². The second-order valence-corrected chi connectivity index (χ2v) is 8.10. The number of amides is 1. The fourth-order valence-corrected chi connectivity index (χ4v) is 3.48. The molecule has 0 saturated carbocycles. The molecule has 8 nitrogen and oxygen atoms in total. The van der Waals surface area contributed by atoms with Crippen LogP contribution in [0.1, 0.15) is 19.0 Å². The second-order valence-electron chi connectivity index (χ2n) is 7.69. The molecule has 0 aliphatic heterocycles. The van der Waals surface area contributed by atoms with Gasteiger partial charge in [0.2, 0.25) is 5.91 Å². The molecule has 3 N–H and O–H groups in total. The van der Waals surface area contributed by atoms with Crippen LogP contribution in [0.25, 0.3) is 10.9 Å². The summed E-state index contributed by atoms with van der Waals surface area (Å²) in [6, 6.07) is 16.6. The Labute approximate surface area is 202 Å². The number of pyridine rings is 1. The summed E-state index contributed by atoms with van der Waals surface area (Å²) in [7, 11) is 0. The lowest BCUT2D eigenvalue weighted by molar-refractivity contribution is -0.121. The first-order valence-electron chi connectivity index (χ1n) is 10.8. The van der Waals surface area contributed by atoms with E-state index < -0.39 is 0 Å². The van der Waals surface area contributed by atoms with Crippen LogP contribution in [-0.4, -0.2) is 27.5 Å². The fourth-order valence-electron chi connectivity index (χ4n) is 3.25. The molecule has 0 spiro atoms. The van der Waals surface area contributed by atoms with Crippen LogP contribution in [0.15, 0.2) is 67.1 Å². The van der Waals surface area contributed by atoms with Crippen LogP contribution in [-0.2, 0) is 11.4 Å². The van der Waals surface area contributed by atoms with Crippen molar-refractivity contribution in [3.8, 4) is 11.5 Å². The Morgan fingerprint density at radius 1 is 1.06 bits per heavy atom. The molecule has 4 aromatic rings. The van der Waals surface area contributed by atoms with Gasteiger partial charge in [0.15, 0.2) is 0 Å². The molecular formula is C25H24ClN5O3. The number of aromatic nitrogens is 3. The standard InChI is InChI=1S/C25H24ClN5O3/c1-16(24(27)32)10-12-33-22-7-4-6-20-23(22)25(30-15-29-20)31-17-8-9-21(19(26)13-17)34-14-18-5-2-3-11-28-18/h2-9,11,13,15-16H,10,12,14H2,1H3,(H2,27,32)(H,29,30,31). The number of primary amides is 1. The Morgan fingerprint density at radius 2 is 1.94 bits per heavy atom. The van der Waals surface area contributed by atoms with Crippen molar-refractivity contribution in [1.29, 1.82) is 0 Å². The van der Waals surface area contributed by atoms with Gasteiger partial charge in [-0.1, -0.05) is 30.7 Å². The predicted molar refractivity (Wildman–Crippen MR) is 131 cm³/mol. The SMILES string of the molecule is CC(CCOc1cccc2ncnc(Nc3ccc(OCc4ccccn4)c(Cl)c3)c12)C(N)=O. The van der Waals surface area contributed by atoms with Crippen LogP contribution in [0, 0.1) is 5.92 Å². The number of nitrogens with two attached hydrogens (primary N) is 1. The van der Waals surface area contributed by atoms with E-state index in [1.54, 1.807) is 25.3 Å². The quantitative estimate of drug-likeness (QED) is 0.334. The Balaban J connectivity index is 1.51. The number of nitrogens with one attached hydrogen (secondary N) is 1. The number of carbonyl (C=O) groups is 1. The molecule has 1 unspecified atom stereocenters. The molecule has 0 aliphatic carbocycles. The summed E-state index contributed by atoms with van der Waals surface area (Å²) >= 11 is 6.45. The molecule has 0 radical (unpaired) electrons. The maximum absolute atomic E-state index is 11.3. The Bertz CT molecular complexity index is 1280. The number of hydrogen-bond acceptors (Lipinski definition) is 7. The van der Waals surface area contributed by atoms with Crippen LogP contribution in [0.2, 0.25) is 5.02 Å². The van der Waals surface area contributed by atoms with Gasteiger partial charge in [0.05, 0.1) is 28.2 Å². The van der Waals surface area contributed by atoms with Gasteiger partial charge < -0.3 is 20.5 Å². The maximum atomic E-state index is 11.3. The number of carbonyl (C=O) groups excluding carboxylic acids is 1. The summed E-state index contributed by atoms with van der Waals surface area (Å²) < 4.78 is 11.8. The van der Waals surface area contributed by atoms with Crippen molar-refractivity contribution in [1.82, 2.24) is 15.0 Å². The van der Waals surface area contributed by atoms with Crippen LogP contribution < -0.4 is 20.5 Å². The van der Waals surface area contributed by atoms with Gasteiger partial charge in [0.1, 0.15) is 30.3 Å². The molecule has 2 aromatic heterocycles. The van der Waals surface area contributed by atoms with E-state index >= 15 is 0 Å². The summed E-state index contributed by atoms with van der Waals surface area (Å²) in [6.45, 7) is 2.43. The summed E-state index contributed by atoms with van der Waals surface area (Å²) in [5.74, 6) is 1.11. The van der Waals surface area contributed by atoms with Crippen molar-refractivity contribution in [2.45, 2.75) is 20.0 Å². The molecule has 1 atom stereocenters. The van der Waals surface area contributed by atoms with Crippen molar-refractivity contribution >= 4 is 39.9 Å². The summed E-state index contributed by atoms with van der Waals surface area (Å²) in [5.41, 5.74) is 7.60. The largest absolute Gasteiger partial charge is 0.493 e. The zero-order valence-corrected chi connectivity index (χ0v) is 19.3. The van der Waals surface area contributed by atoms with E-state index in [9.17, 15) is 4.79 Å². The number of nitrogens with zero attached hydrogens (tertiary/aromatic N) is 3. The van der Waals surface area contributed by atoms with Gasteiger partial charge in [-0.3, -0.25) is 9.78 Å². The van der Waals surface area contributed by atoms with Crippen LogP contribution >= 0.6 is 11.6 Å². The zero-order valence-electron chi connectivity index (χ0n) is 18.6. The van der Waals surface area contributed by atoms with E-state index in [0.717, 1.165) is 22.3 Å². The number of rotatable bonds is 10. The van der Waals surface area contributed by atoms with Crippen molar-refractivity contribution in [2.75, 3.05) is 11.9 Å². The van der Waals surface area contributed by atoms with E-state index in [1.165, 1.54) is 6.33 Å². The Hall–Kier alpha value is -3.91. The lowest BCUT2D eigenvalue weighted by Gasteiger charge is -2.15.